The number of pyridine rings is 1. The maximum atomic E-state index is 13.4. The summed E-state index contributed by atoms with van der Waals surface area (Å²) < 4.78 is 28.2. The first-order chi connectivity index (χ1) is 16.1. The summed E-state index contributed by atoms with van der Waals surface area (Å²) in [7, 11) is -3.67. The number of piperazine rings is 1. The van der Waals surface area contributed by atoms with Crippen molar-refractivity contribution in [3.8, 4) is 0 Å². The molecule has 0 aliphatic carbocycles. The zero-order valence-electron chi connectivity index (χ0n) is 20.2. The maximum absolute atomic E-state index is 13.4. The Labute approximate surface area is 201 Å². The number of carbonyl (C=O) groups excluding carboxylic acids is 1. The average molecular weight is 481 g/mol. The van der Waals surface area contributed by atoms with Gasteiger partial charge in [0.15, 0.2) is 0 Å². The van der Waals surface area contributed by atoms with Gasteiger partial charge in [0.1, 0.15) is 4.90 Å². The number of hydrogen-bond donors (Lipinski definition) is 1. The number of sulfonamides is 1. The predicted molar refractivity (Wildman–Crippen MR) is 134 cm³/mol. The highest BCUT2D eigenvalue weighted by Gasteiger charge is 2.30. The van der Waals surface area contributed by atoms with Crippen molar-refractivity contribution >= 4 is 26.8 Å². The molecule has 1 aliphatic heterocycles. The van der Waals surface area contributed by atoms with E-state index in [4.69, 9.17) is 0 Å². The number of benzene rings is 2. The summed E-state index contributed by atoms with van der Waals surface area (Å²) in [5.41, 5.74) is 4.99. The molecule has 2 aromatic carbocycles. The minimum absolute atomic E-state index is 0.0596. The second kappa shape index (κ2) is 9.82. The van der Waals surface area contributed by atoms with E-state index in [0.29, 0.717) is 31.7 Å². The lowest BCUT2D eigenvalue weighted by molar-refractivity contribution is -0.123. The van der Waals surface area contributed by atoms with Gasteiger partial charge in [0, 0.05) is 37.8 Å². The minimum Gasteiger partial charge on any atom is -0.348 e. The van der Waals surface area contributed by atoms with Crippen molar-refractivity contribution in [2.24, 2.45) is 0 Å². The van der Waals surface area contributed by atoms with E-state index in [9.17, 15) is 13.2 Å². The summed E-state index contributed by atoms with van der Waals surface area (Å²) in [4.78, 5) is 19.3. The molecule has 0 bridgehead atoms. The number of carbonyl (C=O) groups is 1. The summed E-state index contributed by atoms with van der Waals surface area (Å²) >= 11 is 0. The smallest absolute Gasteiger partial charge is 0.245 e. The molecule has 1 aliphatic rings. The zero-order chi connectivity index (χ0) is 24.5. The molecule has 3 aromatic rings. The minimum atomic E-state index is -3.67. The summed E-state index contributed by atoms with van der Waals surface area (Å²) in [6, 6.07) is 13.3. The van der Waals surface area contributed by atoms with Crippen LogP contribution in [0.1, 0.15) is 35.2 Å². The standard InChI is InChI=1S/C26H32N4O3S/c1-18-14-23-6-5-7-24(26(23)27-16-18)34(32,33)30-12-10-29(11-13-30)17-25(31)28-21(4)22-9-8-19(2)20(3)15-22/h5-9,14-16,21H,10-13,17H2,1-4H3,(H,28,31). The van der Waals surface area contributed by atoms with Crippen molar-refractivity contribution < 1.29 is 13.2 Å². The molecule has 34 heavy (non-hydrogen) atoms. The fourth-order valence-corrected chi connectivity index (χ4v) is 5.91. The van der Waals surface area contributed by atoms with Gasteiger partial charge in [-0.25, -0.2) is 8.42 Å². The Bertz CT molecular complexity index is 1310. The van der Waals surface area contributed by atoms with Crippen LogP contribution in [0.5, 0.6) is 0 Å². The fourth-order valence-electron chi connectivity index (χ4n) is 4.33. The topological polar surface area (TPSA) is 82.6 Å². The van der Waals surface area contributed by atoms with E-state index in [1.165, 1.54) is 15.4 Å². The van der Waals surface area contributed by atoms with Gasteiger partial charge in [-0.15, -0.1) is 0 Å². The highest BCUT2D eigenvalue weighted by Crippen LogP contribution is 2.25. The van der Waals surface area contributed by atoms with Crippen molar-refractivity contribution in [2.75, 3.05) is 32.7 Å². The molecular weight excluding hydrogens is 448 g/mol. The molecule has 180 valence electrons. The number of nitrogens with zero attached hydrogens (tertiary/aromatic N) is 3. The van der Waals surface area contributed by atoms with Crippen LogP contribution in [0.2, 0.25) is 0 Å². The molecule has 1 amide bonds. The Morgan fingerprint density at radius 3 is 2.47 bits per heavy atom. The zero-order valence-corrected chi connectivity index (χ0v) is 21.0. The number of aryl methyl sites for hydroxylation is 3. The fraction of sp³-hybridized carbons (Fsp3) is 0.385. The summed E-state index contributed by atoms with van der Waals surface area (Å²) in [6.07, 6.45) is 1.69. The Morgan fingerprint density at radius 2 is 1.76 bits per heavy atom. The lowest BCUT2D eigenvalue weighted by Crippen LogP contribution is -2.51. The van der Waals surface area contributed by atoms with Crippen molar-refractivity contribution in [3.63, 3.8) is 0 Å². The van der Waals surface area contributed by atoms with E-state index < -0.39 is 10.0 Å². The molecule has 4 rings (SSSR count). The first-order valence-electron chi connectivity index (χ1n) is 11.6. The Hall–Kier alpha value is -2.81. The van der Waals surface area contributed by atoms with Gasteiger partial charge in [0.25, 0.3) is 0 Å². The van der Waals surface area contributed by atoms with Crippen LogP contribution < -0.4 is 5.32 Å². The van der Waals surface area contributed by atoms with Gasteiger partial charge >= 0.3 is 0 Å². The third-order valence-corrected chi connectivity index (χ3v) is 8.47. The summed E-state index contributed by atoms with van der Waals surface area (Å²) in [5.74, 6) is -0.0596. The Kier molecular flexibility index (Phi) is 7.02. The number of fused-ring (bicyclic) bond motifs is 1. The lowest BCUT2D eigenvalue weighted by atomic mass is 10.0. The van der Waals surface area contributed by atoms with Crippen molar-refractivity contribution in [1.29, 1.82) is 0 Å². The molecule has 1 fully saturated rings. The van der Waals surface area contributed by atoms with Crippen LogP contribution in [0.4, 0.5) is 0 Å². The van der Waals surface area contributed by atoms with E-state index in [-0.39, 0.29) is 23.4 Å². The highest BCUT2D eigenvalue weighted by molar-refractivity contribution is 7.89. The van der Waals surface area contributed by atoms with Crippen molar-refractivity contribution in [3.05, 3.63) is 70.9 Å². The van der Waals surface area contributed by atoms with Crippen LogP contribution in [-0.4, -0.2) is 61.2 Å². The number of nitrogens with one attached hydrogen (secondary N) is 1. The number of rotatable bonds is 6. The number of hydrogen-bond acceptors (Lipinski definition) is 5. The Morgan fingerprint density at radius 1 is 1.03 bits per heavy atom. The molecular formula is C26H32N4O3S. The lowest BCUT2D eigenvalue weighted by Gasteiger charge is -2.33. The number of amides is 1. The van der Waals surface area contributed by atoms with Gasteiger partial charge < -0.3 is 5.32 Å². The molecule has 1 saturated heterocycles. The van der Waals surface area contributed by atoms with Crippen LogP contribution >= 0.6 is 0 Å². The summed E-state index contributed by atoms with van der Waals surface area (Å²) in [5, 5.41) is 3.88. The SMILES string of the molecule is Cc1cnc2c(S(=O)(=O)N3CCN(CC(=O)NC(C)c4ccc(C)c(C)c4)CC3)cccc2c1. The average Bonchev–Trinajstić information content (AvgIpc) is 2.80. The first-order valence-corrected chi connectivity index (χ1v) is 13.0. The van der Waals surface area contributed by atoms with Gasteiger partial charge in [-0.1, -0.05) is 30.3 Å². The largest absolute Gasteiger partial charge is 0.348 e. The van der Waals surface area contributed by atoms with Gasteiger partial charge in [-0.05, 0) is 62.1 Å². The summed E-state index contributed by atoms with van der Waals surface area (Å²) in [6.45, 7) is 9.98. The molecule has 0 spiro atoms. The second-order valence-electron chi connectivity index (χ2n) is 9.15. The quantitative estimate of drug-likeness (QED) is 0.585. The second-order valence-corrected chi connectivity index (χ2v) is 11.1. The molecule has 7 nitrogen and oxygen atoms in total. The number of para-hydroxylation sites is 1. The highest BCUT2D eigenvalue weighted by atomic mass is 32.2. The van der Waals surface area contributed by atoms with Gasteiger partial charge in [-0.2, -0.15) is 4.31 Å². The van der Waals surface area contributed by atoms with Crippen LogP contribution in [0.3, 0.4) is 0 Å². The van der Waals surface area contributed by atoms with Crippen LogP contribution in [0.25, 0.3) is 10.9 Å². The van der Waals surface area contributed by atoms with Crippen LogP contribution in [0, 0.1) is 20.8 Å². The first kappa shape index (κ1) is 24.3. The molecule has 1 atom stereocenters. The maximum Gasteiger partial charge on any atom is 0.245 e. The molecule has 0 saturated carbocycles. The third-order valence-electron chi connectivity index (χ3n) is 6.54. The van der Waals surface area contributed by atoms with Gasteiger partial charge in [-0.3, -0.25) is 14.7 Å². The molecule has 2 heterocycles. The Balaban J connectivity index is 1.36. The molecule has 1 unspecified atom stereocenters. The molecule has 0 radical (unpaired) electrons. The third kappa shape index (κ3) is 5.14. The van der Waals surface area contributed by atoms with E-state index in [0.717, 1.165) is 16.5 Å². The normalized spacial score (nSPS) is 16.5. The van der Waals surface area contributed by atoms with Crippen molar-refractivity contribution in [2.45, 2.75) is 38.6 Å². The van der Waals surface area contributed by atoms with Gasteiger partial charge in [0.05, 0.1) is 18.1 Å². The molecule has 8 heteroatoms. The van der Waals surface area contributed by atoms with E-state index in [1.54, 1.807) is 18.3 Å². The predicted octanol–water partition coefficient (Wildman–Crippen LogP) is 3.34. The van der Waals surface area contributed by atoms with Crippen LogP contribution in [0.15, 0.2) is 53.6 Å². The molecule has 1 N–H and O–H groups in total. The molecule has 1 aromatic heterocycles. The van der Waals surface area contributed by atoms with Crippen LogP contribution in [-0.2, 0) is 14.8 Å². The number of aromatic nitrogens is 1. The van der Waals surface area contributed by atoms with Gasteiger partial charge in [0.2, 0.25) is 15.9 Å². The van der Waals surface area contributed by atoms with E-state index in [2.05, 4.69) is 36.3 Å². The van der Waals surface area contributed by atoms with E-state index in [1.807, 2.05) is 36.9 Å². The van der Waals surface area contributed by atoms with E-state index >= 15 is 0 Å². The monoisotopic (exact) mass is 480 g/mol. The van der Waals surface area contributed by atoms with Crippen molar-refractivity contribution in [1.82, 2.24) is 19.5 Å².